The average molecular weight is 268 g/mol. The van der Waals surface area contributed by atoms with Crippen LogP contribution in [0.15, 0.2) is 41.0 Å². The van der Waals surface area contributed by atoms with E-state index in [9.17, 15) is 4.79 Å². The number of hydrogen-bond donors (Lipinski definition) is 1. The Hall–Kier alpha value is -1.94. The van der Waals surface area contributed by atoms with Gasteiger partial charge in [0.05, 0.1) is 12.0 Å². The standard InChI is InChI=1S/C13H13NO3.ClH/c1-2-9-7-8-16-12(9)13(15)17-11-6-4-3-5-10(11)14;/h3-8H,2,14H2,1H3;1H. The Balaban J connectivity index is 0.00000162. The highest BCUT2D eigenvalue weighted by Crippen LogP contribution is 2.22. The van der Waals surface area contributed by atoms with Crippen molar-refractivity contribution in [3.05, 3.63) is 47.9 Å². The van der Waals surface area contributed by atoms with Crippen molar-refractivity contribution >= 4 is 24.1 Å². The van der Waals surface area contributed by atoms with Crippen molar-refractivity contribution in [2.75, 3.05) is 5.73 Å². The number of esters is 1. The van der Waals surface area contributed by atoms with E-state index in [1.54, 1.807) is 30.3 Å². The first kappa shape index (κ1) is 14.1. The minimum absolute atomic E-state index is 0. The van der Waals surface area contributed by atoms with Gasteiger partial charge in [-0.15, -0.1) is 12.4 Å². The SMILES string of the molecule is CCc1ccoc1C(=O)Oc1ccccc1N.Cl. The average Bonchev–Trinajstić information content (AvgIpc) is 2.80. The third-order valence-electron chi connectivity index (χ3n) is 2.43. The van der Waals surface area contributed by atoms with Gasteiger partial charge in [-0.05, 0) is 24.6 Å². The fourth-order valence-electron chi connectivity index (χ4n) is 1.51. The smallest absolute Gasteiger partial charge is 0.379 e. The van der Waals surface area contributed by atoms with E-state index < -0.39 is 5.97 Å². The highest BCUT2D eigenvalue weighted by atomic mass is 35.5. The fourth-order valence-corrected chi connectivity index (χ4v) is 1.51. The third kappa shape index (κ3) is 2.84. The van der Waals surface area contributed by atoms with Gasteiger partial charge >= 0.3 is 5.97 Å². The lowest BCUT2D eigenvalue weighted by Crippen LogP contribution is -2.10. The number of halogens is 1. The second-order valence-corrected chi connectivity index (χ2v) is 3.56. The maximum Gasteiger partial charge on any atom is 0.379 e. The van der Waals surface area contributed by atoms with Crippen molar-refractivity contribution in [2.45, 2.75) is 13.3 Å². The number of nitrogens with two attached hydrogens (primary N) is 1. The van der Waals surface area contributed by atoms with Crippen LogP contribution in [0.1, 0.15) is 23.0 Å². The molecule has 0 spiro atoms. The molecule has 0 saturated carbocycles. The summed E-state index contributed by atoms with van der Waals surface area (Å²) in [6, 6.07) is 8.59. The summed E-state index contributed by atoms with van der Waals surface area (Å²) in [6.07, 6.45) is 2.19. The number of hydrogen-bond acceptors (Lipinski definition) is 4. The molecular formula is C13H14ClNO3. The van der Waals surface area contributed by atoms with E-state index in [0.717, 1.165) is 5.56 Å². The summed E-state index contributed by atoms with van der Waals surface area (Å²) < 4.78 is 10.3. The Kier molecular flexibility index (Phi) is 4.80. The molecule has 4 nitrogen and oxygen atoms in total. The lowest BCUT2D eigenvalue weighted by atomic mass is 10.2. The Morgan fingerprint density at radius 2 is 2.06 bits per heavy atom. The quantitative estimate of drug-likeness (QED) is 0.527. The molecule has 96 valence electrons. The summed E-state index contributed by atoms with van der Waals surface area (Å²) in [4.78, 5) is 11.8. The molecule has 5 heteroatoms. The number of carbonyl (C=O) groups is 1. The predicted octanol–water partition coefficient (Wildman–Crippen LogP) is 3.07. The van der Waals surface area contributed by atoms with Gasteiger partial charge in [0.25, 0.3) is 0 Å². The van der Waals surface area contributed by atoms with Crippen LogP contribution in [0.25, 0.3) is 0 Å². The second-order valence-electron chi connectivity index (χ2n) is 3.56. The van der Waals surface area contributed by atoms with Gasteiger partial charge in [-0.25, -0.2) is 4.79 Å². The molecule has 0 fully saturated rings. The maximum absolute atomic E-state index is 11.8. The molecule has 2 aromatic rings. The first-order chi connectivity index (χ1) is 8.22. The number of anilines is 1. The molecule has 1 heterocycles. The number of nitrogen functional groups attached to an aromatic ring is 1. The minimum Gasteiger partial charge on any atom is -0.457 e. The Labute approximate surface area is 111 Å². The van der Waals surface area contributed by atoms with Gasteiger partial charge in [-0.2, -0.15) is 0 Å². The van der Waals surface area contributed by atoms with E-state index in [0.29, 0.717) is 17.9 Å². The Morgan fingerprint density at radius 1 is 1.33 bits per heavy atom. The number of furan rings is 1. The molecule has 0 bridgehead atoms. The maximum atomic E-state index is 11.8. The van der Waals surface area contributed by atoms with Gasteiger partial charge in [-0.1, -0.05) is 19.1 Å². The number of benzene rings is 1. The van der Waals surface area contributed by atoms with Crippen molar-refractivity contribution in [1.29, 1.82) is 0 Å². The lowest BCUT2D eigenvalue weighted by Gasteiger charge is -2.05. The third-order valence-corrected chi connectivity index (χ3v) is 2.43. The lowest BCUT2D eigenvalue weighted by molar-refractivity contribution is 0.0701. The summed E-state index contributed by atoms with van der Waals surface area (Å²) >= 11 is 0. The molecular weight excluding hydrogens is 254 g/mol. The summed E-state index contributed by atoms with van der Waals surface area (Å²) in [5, 5.41) is 0. The van der Waals surface area contributed by atoms with Gasteiger partial charge in [0, 0.05) is 5.56 Å². The molecule has 0 amide bonds. The summed E-state index contributed by atoms with van der Waals surface area (Å²) in [6.45, 7) is 1.94. The van der Waals surface area contributed by atoms with Crippen molar-refractivity contribution < 1.29 is 13.9 Å². The van der Waals surface area contributed by atoms with E-state index in [1.165, 1.54) is 6.26 Å². The molecule has 1 aromatic heterocycles. The Bertz CT molecular complexity index is 537. The van der Waals surface area contributed by atoms with Crippen LogP contribution in [-0.4, -0.2) is 5.97 Å². The van der Waals surface area contributed by atoms with Gasteiger partial charge in [0.2, 0.25) is 5.76 Å². The number of ether oxygens (including phenoxy) is 1. The van der Waals surface area contributed by atoms with E-state index in [4.69, 9.17) is 14.9 Å². The Morgan fingerprint density at radius 3 is 2.72 bits per heavy atom. The van der Waals surface area contributed by atoms with Gasteiger partial charge in [-0.3, -0.25) is 0 Å². The number of para-hydroxylation sites is 2. The zero-order chi connectivity index (χ0) is 12.3. The topological polar surface area (TPSA) is 65.5 Å². The summed E-state index contributed by atoms with van der Waals surface area (Å²) in [5.41, 5.74) is 6.93. The molecule has 0 saturated heterocycles. The molecule has 2 N–H and O–H groups in total. The van der Waals surface area contributed by atoms with Crippen LogP contribution in [0, 0.1) is 0 Å². The van der Waals surface area contributed by atoms with Crippen LogP contribution in [0.4, 0.5) is 5.69 Å². The molecule has 0 aliphatic carbocycles. The van der Waals surface area contributed by atoms with Crippen molar-refractivity contribution in [3.63, 3.8) is 0 Å². The van der Waals surface area contributed by atoms with Crippen LogP contribution < -0.4 is 10.5 Å². The van der Waals surface area contributed by atoms with Crippen LogP contribution in [0.2, 0.25) is 0 Å². The molecule has 0 unspecified atom stereocenters. The van der Waals surface area contributed by atoms with E-state index >= 15 is 0 Å². The molecule has 2 rings (SSSR count). The second kappa shape index (κ2) is 6.12. The fraction of sp³-hybridized carbons (Fsp3) is 0.154. The molecule has 1 aromatic carbocycles. The first-order valence-corrected chi connectivity index (χ1v) is 5.35. The molecule has 0 atom stereocenters. The highest BCUT2D eigenvalue weighted by Gasteiger charge is 2.17. The normalized spacial score (nSPS) is 9.61. The minimum atomic E-state index is -0.523. The monoisotopic (exact) mass is 267 g/mol. The first-order valence-electron chi connectivity index (χ1n) is 5.35. The van der Waals surface area contributed by atoms with Crippen molar-refractivity contribution in [3.8, 4) is 5.75 Å². The van der Waals surface area contributed by atoms with Crippen LogP contribution in [0.5, 0.6) is 5.75 Å². The van der Waals surface area contributed by atoms with Crippen LogP contribution >= 0.6 is 12.4 Å². The van der Waals surface area contributed by atoms with E-state index in [-0.39, 0.29) is 18.2 Å². The number of carbonyl (C=O) groups excluding carboxylic acids is 1. The van der Waals surface area contributed by atoms with Gasteiger partial charge in [0.15, 0.2) is 5.75 Å². The van der Waals surface area contributed by atoms with Crippen molar-refractivity contribution in [2.24, 2.45) is 0 Å². The van der Waals surface area contributed by atoms with E-state index in [2.05, 4.69) is 0 Å². The van der Waals surface area contributed by atoms with Crippen LogP contribution in [-0.2, 0) is 6.42 Å². The highest BCUT2D eigenvalue weighted by molar-refractivity contribution is 5.90. The largest absolute Gasteiger partial charge is 0.457 e. The van der Waals surface area contributed by atoms with Crippen molar-refractivity contribution in [1.82, 2.24) is 0 Å². The predicted molar refractivity (Wildman–Crippen MR) is 71.1 cm³/mol. The summed E-state index contributed by atoms with van der Waals surface area (Å²) in [7, 11) is 0. The molecule has 0 aliphatic rings. The molecule has 0 radical (unpaired) electrons. The number of rotatable bonds is 3. The molecule has 0 aliphatic heterocycles. The summed E-state index contributed by atoms with van der Waals surface area (Å²) in [5.74, 6) is 0.0523. The van der Waals surface area contributed by atoms with Crippen LogP contribution in [0.3, 0.4) is 0 Å². The van der Waals surface area contributed by atoms with E-state index in [1.807, 2.05) is 6.92 Å². The zero-order valence-corrected chi connectivity index (χ0v) is 10.7. The molecule has 18 heavy (non-hydrogen) atoms. The van der Waals surface area contributed by atoms with Gasteiger partial charge in [0.1, 0.15) is 0 Å². The zero-order valence-electron chi connectivity index (χ0n) is 9.88. The van der Waals surface area contributed by atoms with Gasteiger partial charge < -0.3 is 14.9 Å². The number of aryl methyl sites for hydroxylation is 1.